The Hall–Kier alpha value is -1.43. The average molecular weight is 303 g/mol. The summed E-state index contributed by atoms with van der Waals surface area (Å²) in [5.74, 6) is -0.197. The van der Waals surface area contributed by atoms with E-state index >= 15 is 0 Å². The van der Waals surface area contributed by atoms with Crippen LogP contribution in [-0.2, 0) is 14.4 Å². The van der Waals surface area contributed by atoms with Crippen LogP contribution in [0, 0.1) is 29.6 Å². The van der Waals surface area contributed by atoms with Crippen LogP contribution in [0.1, 0.15) is 19.3 Å². The molecule has 1 spiro atoms. The number of fused-ring (bicyclic) bond motifs is 3. The molecule has 0 aromatic heterocycles. The molecule has 5 aliphatic heterocycles. The number of nitrogens with one attached hydrogen (secondary N) is 1. The van der Waals surface area contributed by atoms with Crippen LogP contribution in [0.3, 0.4) is 0 Å². The Morgan fingerprint density at radius 3 is 2.77 bits per heavy atom. The van der Waals surface area contributed by atoms with Gasteiger partial charge in [0.05, 0.1) is 23.3 Å². The Labute approximate surface area is 129 Å². The average Bonchev–Trinajstić information content (AvgIpc) is 2.76. The van der Waals surface area contributed by atoms with E-state index in [4.69, 9.17) is 0 Å². The number of amides is 3. The van der Waals surface area contributed by atoms with Crippen molar-refractivity contribution in [1.29, 1.82) is 0 Å². The minimum absolute atomic E-state index is 0.0544. The maximum Gasteiger partial charge on any atom is 0.235 e. The van der Waals surface area contributed by atoms with Gasteiger partial charge in [-0.15, -0.1) is 0 Å². The third-order valence-corrected chi connectivity index (χ3v) is 7.07. The van der Waals surface area contributed by atoms with Crippen LogP contribution in [0.4, 0.5) is 0 Å². The van der Waals surface area contributed by atoms with Gasteiger partial charge in [0.25, 0.3) is 0 Å². The molecular formula is C16H21N3O3. The third kappa shape index (κ3) is 1.22. The fraction of sp³-hybridized carbons (Fsp3) is 0.812. The smallest absolute Gasteiger partial charge is 0.235 e. The van der Waals surface area contributed by atoms with Gasteiger partial charge >= 0.3 is 0 Å². The lowest BCUT2D eigenvalue weighted by Gasteiger charge is -2.65. The molecule has 1 saturated carbocycles. The summed E-state index contributed by atoms with van der Waals surface area (Å²) in [5, 5.41) is 3.48. The first-order valence-corrected chi connectivity index (χ1v) is 8.39. The quantitative estimate of drug-likeness (QED) is 0.610. The van der Waals surface area contributed by atoms with Gasteiger partial charge in [-0.25, -0.2) is 0 Å². The van der Waals surface area contributed by atoms with E-state index in [1.165, 1.54) is 4.90 Å². The molecule has 5 heterocycles. The minimum atomic E-state index is -0.405. The number of carbonyl (C=O) groups is 3. The molecule has 1 aliphatic carbocycles. The zero-order valence-electron chi connectivity index (χ0n) is 12.7. The lowest BCUT2D eigenvalue weighted by molar-refractivity contribution is -0.195. The molecule has 0 aromatic rings. The lowest BCUT2D eigenvalue weighted by atomic mass is 9.51. The van der Waals surface area contributed by atoms with E-state index in [0.29, 0.717) is 11.8 Å². The molecule has 118 valence electrons. The second-order valence-electron chi connectivity index (χ2n) is 7.78. The van der Waals surface area contributed by atoms with Gasteiger partial charge in [0, 0.05) is 20.1 Å². The standard InChI is InChI=1S/C16H21N3O3/c1-18-14(21)11-10-2-3-16(12(11)15(18)22)9-4-8(5-17-6-9)7-19(16)13(10)20/h8-12,17H,2-7H2,1H3/t8-,9-,10-,11+,12-,16-/m0/s1. The zero-order chi connectivity index (χ0) is 15.2. The van der Waals surface area contributed by atoms with E-state index in [-0.39, 0.29) is 29.6 Å². The van der Waals surface area contributed by atoms with Crippen molar-refractivity contribution in [2.75, 3.05) is 26.7 Å². The lowest BCUT2D eigenvalue weighted by Crippen LogP contribution is -2.77. The second kappa shape index (κ2) is 3.91. The molecule has 0 unspecified atom stereocenters. The number of hydrogen-bond acceptors (Lipinski definition) is 4. The molecule has 22 heavy (non-hydrogen) atoms. The van der Waals surface area contributed by atoms with Crippen molar-refractivity contribution in [3.05, 3.63) is 0 Å². The number of nitrogens with zero attached hydrogens (tertiary/aromatic N) is 2. The second-order valence-corrected chi connectivity index (χ2v) is 7.78. The summed E-state index contributed by atoms with van der Waals surface area (Å²) in [6.45, 7) is 2.58. The van der Waals surface area contributed by atoms with Crippen LogP contribution in [0.2, 0.25) is 0 Å². The van der Waals surface area contributed by atoms with Gasteiger partial charge in [0.15, 0.2) is 0 Å². The van der Waals surface area contributed by atoms with Gasteiger partial charge in [-0.2, -0.15) is 0 Å². The number of rotatable bonds is 0. The Balaban J connectivity index is 1.69. The SMILES string of the molecule is CN1C(=O)[C@@H]2[C@@H]3CC[C@]4([C@@H]5CNC[C@H](C5)CN4C3=O)[C@@H]2C1=O. The van der Waals surface area contributed by atoms with Gasteiger partial charge in [0.2, 0.25) is 17.7 Å². The van der Waals surface area contributed by atoms with Gasteiger partial charge < -0.3 is 10.2 Å². The summed E-state index contributed by atoms with van der Waals surface area (Å²) < 4.78 is 0. The van der Waals surface area contributed by atoms with Gasteiger partial charge in [-0.3, -0.25) is 19.3 Å². The molecule has 6 nitrogen and oxygen atoms in total. The predicted octanol–water partition coefficient (Wildman–Crippen LogP) is -0.552. The van der Waals surface area contributed by atoms with Crippen LogP contribution in [-0.4, -0.2) is 59.7 Å². The van der Waals surface area contributed by atoms with Crippen LogP contribution >= 0.6 is 0 Å². The van der Waals surface area contributed by atoms with E-state index in [1.54, 1.807) is 7.05 Å². The highest BCUT2D eigenvalue weighted by Crippen LogP contribution is 2.60. The van der Waals surface area contributed by atoms with Crippen molar-refractivity contribution in [3.63, 3.8) is 0 Å². The Kier molecular flexibility index (Phi) is 2.32. The zero-order valence-corrected chi connectivity index (χ0v) is 12.7. The maximum absolute atomic E-state index is 13.0. The summed E-state index contributed by atoms with van der Waals surface area (Å²) in [6.07, 6.45) is 2.73. The molecule has 0 radical (unpaired) electrons. The first-order valence-electron chi connectivity index (χ1n) is 8.39. The third-order valence-electron chi connectivity index (χ3n) is 7.07. The van der Waals surface area contributed by atoms with E-state index in [2.05, 4.69) is 5.32 Å². The molecule has 6 atom stereocenters. The van der Waals surface area contributed by atoms with Crippen molar-refractivity contribution in [3.8, 4) is 0 Å². The van der Waals surface area contributed by atoms with Gasteiger partial charge in [-0.05, 0) is 37.6 Å². The van der Waals surface area contributed by atoms with Crippen molar-refractivity contribution >= 4 is 17.7 Å². The molecule has 6 heteroatoms. The van der Waals surface area contributed by atoms with E-state index in [1.807, 2.05) is 4.90 Å². The Morgan fingerprint density at radius 2 is 1.95 bits per heavy atom. The molecule has 3 amide bonds. The summed E-state index contributed by atoms with van der Waals surface area (Å²) in [6, 6.07) is 0. The van der Waals surface area contributed by atoms with Gasteiger partial charge in [-0.1, -0.05) is 0 Å². The Morgan fingerprint density at radius 1 is 1.14 bits per heavy atom. The van der Waals surface area contributed by atoms with E-state index in [0.717, 1.165) is 38.9 Å². The first kappa shape index (κ1) is 13.0. The fourth-order valence-electron chi connectivity index (χ4n) is 6.22. The monoisotopic (exact) mass is 303 g/mol. The number of hydrogen-bond donors (Lipinski definition) is 1. The minimum Gasteiger partial charge on any atom is -0.335 e. The normalized spacial score (nSPS) is 49.5. The molecule has 4 bridgehead atoms. The highest BCUT2D eigenvalue weighted by molar-refractivity contribution is 6.09. The van der Waals surface area contributed by atoms with Crippen molar-refractivity contribution < 1.29 is 14.4 Å². The van der Waals surface area contributed by atoms with Crippen LogP contribution in [0.25, 0.3) is 0 Å². The number of likely N-dealkylation sites (tertiary alicyclic amines) is 1. The first-order chi connectivity index (χ1) is 10.6. The summed E-state index contributed by atoms with van der Waals surface area (Å²) in [4.78, 5) is 41.6. The number of piperidine rings is 4. The topological polar surface area (TPSA) is 69.7 Å². The predicted molar refractivity (Wildman–Crippen MR) is 76.4 cm³/mol. The summed E-state index contributed by atoms with van der Waals surface area (Å²) in [7, 11) is 1.58. The number of imide groups is 1. The van der Waals surface area contributed by atoms with E-state index < -0.39 is 11.5 Å². The molecular weight excluding hydrogens is 282 g/mol. The Bertz CT molecular complexity index is 605. The largest absolute Gasteiger partial charge is 0.335 e. The van der Waals surface area contributed by atoms with Gasteiger partial charge in [0.1, 0.15) is 0 Å². The fourth-order valence-corrected chi connectivity index (χ4v) is 6.22. The molecule has 6 aliphatic rings. The van der Waals surface area contributed by atoms with E-state index in [9.17, 15) is 14.4 Å². The highest BCUT2D eigenvalue weighted by Gasteiger charge is 2.72. The molecule has 1 N–H and O–H groups in total. The van der Waals surface area contributed by atoms with Crippen molar-refractivity contribution in [1.82, 2.24) is 15.1 Å². The highest BCUT2D eigenvalue weighted by atomic mass is 16.2. The van der Waals surface area contributed by atoms with Crippen LogP contribution in [0.15, 0.2) is 0 Å². The molecule has 5 saturated heterocycles. The summed E-state index contributed by atoms with van der Waals surface area (Å²) >= 11 is 0. The summed E-state index contributed by atoms with van der Waals surface area (Å²) in [5.41, 5.74) is -0.405. The molecule has 6 rings (SSSR count). The van der Waals surface area contributed by atoms with Crippen molar-refractivity contribution in [2.45, 2.75) is 24.8 Å². The molecule has 0 aromatic carbocycles. The molecule has 6 fully saturated rings. The van der Waals surface area contributed by atoms with Crippen LogP contribution in [0.5, 0.6) is 0 Å². The maximum atomic E-state index is 13.0. The van der Waals surface area contributed by atoms with Crippen LogP contribution < -0.4 is 5.32 Å². The number of carbonyl (C=O) groups excluding carboxylic acids is 3. The van der Waals surface area contributed by atoms with Crippen molar-refractivity contribution in [2.24, 2.45) is 29.6 Å².